The number of amides is 1. The number of aliphatic hydroxyl groups excluding tert-OH is 2. The molecule has 1 rings (SSSR count). The molecule has 1 amide bonds. The van der Waals surface area contributed by atoms with Gasteiger partial charge in [-0.3, -0.25) is 4.79 Å². The van der Waals surface area contributed by atoms with Crippen molar-refractivity contribution in [3.05, 3.63) is 0 Å². The van der Waals surface area contributed by atoms with Crippen molar-refractivity contribution in [1.29, 1.82) is 0 Å². The van der Waals surface area contributed by atoms with Crippen molar-refractivity contribution in [3.63, 3.8) is 0 Å². The van der Waals surface area contributed by atoms with Gasteiger partial charge >= 0.3 is 0 Å². The van der Waals surface area contributed by atoms with Crippen molar-refractivity contribution < 1.29 is 15.0 Å². The summed E-state index contributed by atoms with van der Waals surface area (Å²) in [7, 11) is 0. The number of hydrogen-bond donors (Lipinski definition) is 2. The van der Waals surface area contributed by atoms with Crippen molar-refractivity contribution in [2.45, 2.75) is 26.4 Å². The van der Waals surface area contributed by atoms with Crippen molar-refractivity contribution in [2.24, 2.45) is 11.8 Å². The third-order valence-corrected chi connectivity index (χ3v) is 4.04. The van der Waals surface area contributed by atoms with Crippen LogP contribution in [0.1, 0.15) is 20.3 Å². The van der Waals surface area contributed by atoms with Gasteiger partial charge in [0, 0.05) is 18.8 Å². The van der Waals surface area contributed by atoms with Crippen LogP contribution in [0, 0.1) is 11.8 Å². The summed E-state index contributed by atoms with van der Waals surface area (Å²) in [5.74, 6) is 2.13. The molecular formula is C12H23NO3S. The van der Waals surface area contributed by atoms with E-state index < -0.39 is 6.10 Å². The molecule has 100 valence electrons. The summed E-state index contributed by atoms with van der Waals surface area (Å²) in [5, 5.41) is 17.8. The Morgan fingerprint density at radius 1 is 1.41 bits per heavy atom. The average molecular weight is 261 g/mol. The highest BCUT2D eigenvalue weighted by Gasteiger charge is 2.25. The second-order valence-corrected chi connectivity index (χ2v) is 6.13. The van der Waals surface area contributed by atoms with Gasteiger partial charge in [0.1, 0.15) is 0 Å². The molecule has 1 heterocycles. The molecular weight excluding hydrogens is 238 g/mol. The zero-order valence-corrected chi connectivity index (χ0v) is 11.4. The first-order chi connectivity index (χ1) is 8.02. The first-order valence-electron chi connectivity index (χ1n) is 6.17. The van der Waals surface area contributed by atoms with Crippen LogP contribution in [0.5, 0.6) is 0 Å². The number of likely N-dealkylation sites (tertiary alicyclic amines) is 1. The first kappa shape index (κ1) is 14.8. The average Bonchev–Trinajstić information content (AvgIpc) is 2.27. The van der Waals surface area contributed by atoms with Gasteiger partial charge in [-0.15, -0.1) is 11.8 Å². The first-order valence-corrected chi connectivity index (χ1v) is 7.32. The highest BCUT2D eigenvalue weighted by Crippen LogP contribution is 2.21. The van der Waals surface area contributed by atoms with Crippen LogP contribution in [0.3, 0.4) is 0 Å². The number of aliphatic hydroxyl groups is 2. The number of carbonyl (C=O) groups excluding carboxylic acids is 1. The molecule has 4 nitrogen and oxygen atoms in total. The van der Waals surface area contributed by atoms with Gasteiger partial charge < -0.3 is 15.1 Å². The summed E-state index contributed by atoms with van der Waals surface area (Å²) in [6, 6.07) is 0. The number of rotatable bonds is 5. The van der Waals surface area contributed by atoms with E-state index in [-0.39, 0.29) is 12.5 Å². The summed E-state index contributed by atoms with van der Waals surface area (Å²) < 4.78 is 0. The molecule has 1 fully saturated rings. The Bertz CT molecular complexity index is 240. The van der Waals surface area contributed by atoms with Gasteiger partial charge in [0.05, 0.1) is 18.5 Å². The Balaban J connectivity index is 2.27. The molecule has 1 saturated heterocycles. The molecule has 0 aromatic carbocycles. The van der Waals surface area contributed by atoms with Gasteiger partial charge in [0.25, 0.3) is 0 Å². The number of piperidine rings is 1. The fraction of sp³-hybridized carbons (Fsp3) is 0.917. The Kier molecular flexibility index (Phi) is 6.30. The molecule has 0 spiro atoms. The monoisotopic (exact) mass is 261 g/mol. The maximum absolute atomic E-state index is 11.9. The Hall–Kier alpha value is -0.260. The molecule has 0 aromatic rings. The summed E-state index contributed by atoms with van der Waals surface area (Å²) in [4.78, 5) is 13.8. The van der Waals surface area contributed by atoms with E-state index in [4.69, 9.17) is 10.2 Å². The number of carbonyl (C=O) groups is 1. The van der Waals surface area contributed by atoms with Gasteiger partial charge in [-0.2, -0.15) is 0 Å². The molecule has 0 radical (unpaired) electrons. The minimum absolute atomic E-state index is 0.151. The molecule has 5 heteroatoms. The molecule has 2 N–H and O–H groups in total. The van der Waals surface area contributed by atoms with Crippen LogP contribution in [0.4, 0.5) is 0 Å². The smallest absolute Gasteiger partial charge is 0.232 e. The zero-order chi connectivity index (χ0) is 12.8. The second-order valence-electron chi connectivity index (χ2n) is 5.10. The lowest BCUT2D eigenvalue weighted by molar-refractivity contribution is -0.130. The molecule has 1 aliphatic rings. The molecule has 0 saturated carbocycles. The highest BCUT2D eigenvalue weighted by atomic mass is 32.2. The molecule has 0 bridgehead atoms. The standard InChI is InChI=1S/C12H23NO3S/c1-9-3-10(2)5-13(4-9)12(16)8-17-7-11(15)6-14/h9-11,14-15H,3-8H2,1-2H3. The fourth-order valence-electron chi connectivity index (χ4n) is 2.29. The Labute approximate surface area is 107 Å². The predicted molar refractivity (Wildman–Crippen MR) is 69.9 cm³/mol. The maximum atomic E-state index is 11.9. The Morgan fingerprint density at radius 3 is 2.53 bits per heavy atom. The lowest BCUT2D eigenvalue weighted by atomic mass is 9.92. The highest BCUT2D eigenvalue weighted by molar-refractivity contribution is 7.99. The molecule has 3 unspecified atom stereocenters. The molecule has 0 aromatic heterocycles. The SMILES string of the molecule is CC1CC(C)CN(C(=O)CSCC(O)CO)C1. The lowest BCUT2D eigenvalue weighted by Crippen LogP contribution is -2.43. The van der Waals surface area contributed by atoms with Gasteiger partial charge in [-0.25, -0.2) is 0 Å². The number of hydrogen-bond acceptors (Lipinski definition) is 4. The summed E-state index contributed by atoms with van der Waals surface area (Å²) in [6.45, 7) is 5.83. The molecule has 0 aliphatic carbocycles. The van der Waals surface area contributed by atoms with E-state index in [9.17, 15) is 4.79 Å². The zero-order valence-electron chi connectivity index (χ0n) is 10.6. The second kappa shape index (κ2) is 7.24. The molecule has 1 aliphatic heterocycles. The molecule has 3 atom stereocenters. The number of nitrogens with zero attached hydrogens (tertiary/aromatic N) is 1. The van der Waals surface area contributed by atoms with Gasteiger partial charge in [-0.1, -0.05) is 13.8 Å². The largest absolute Gasteiger partial charge is 0.394 e. The van der Waals surface area contributed by atoms with Crippen molar-refractivity contribution in [2.75, 3.05) is 31.2 Å². The molecule has 17 heavy (non-hydrogen) atoms. The van der Waals surface area contributed by atoms with E-state index in [1.807, 2.05) is 4.90 Å². The van der Waals surface area contributed by atoms with E-state index in [1.54, 1.807) is 0 Å². The van der Waals surface area contributed by atoms with Crippen LogP contribution >= 0.6 is 11.8 Å². The summed E-state index contributed by atoms with van der Waals surface area (Å²) in [6.07, 6.45) is 0.479. The topological polar surface area (TPSA) is 60.8 Å². The normalized spacial score (nSPS) is 26.9. The quantitative estimate of drug-likeness (QED) is 0.760. The summed E-state index contributed by atoms with van der Waals surface area (Å²) in [5.41, 5.74) is 0. The number of thioether (sulfide) groups is 1. The van der Waals surface area contributed by atoms with Gasteiger partial charge in [0.15, 0.2) is 0 Å². The van der Waals surface area contributed by atoms with E-state index >= 15 is 0 Å². The van der Waals surface area contributed by atoms with Crippen molar-refractivity contribution in [3.8, 4) is 0 Å². The minimum atomic E-state index is -0.716. The van der Waals surface area contributed by atoms with E-state index in [1.165, 1.54) is 18.2 Å². The van der Waals surface area contributed by atoms with Crippen molar-refractivity contribution in [1.82, 2.24) is 4.90 Å². The van der Waals surface area contributed by atoms with Gasteiger partial charge in [0.2, 0.25) is 5.91 Å². The Morgan fingerprint density at radius 2 is 2.00 bits per heavy atom. The van der Waals surface area contributed by atoms with Crippen LogP contribution in [-0.2, 0) is 4.79 Å². The lowest BCUT2D eigenvalue weighted by Gasteiger charge is -2.35. The van der Waals surface area contributed by atoms with Gasteiger partial charge in [-0.05, 0) is 18.3 Å². The van der Waals surface area contributed by atoms with E-state index in [2.05, 4.69) is 13.8 Å². The van der Waals surface area contributed by atoms with Crippen LogP contribution < -0.4 is 0 Å². The third kappa shape index (κ3) is 5.27. The van der Waals surface area contributed by atoms with Crippen molar-refractivity contribution >= 4 is 17.7 Å². The van der Waals surface area contributed by atoms with Crippen LogP contribution in [0.15, 0.2) is 0 Å². The van der Waals surface area contributed by atoms with Crippen LogP contribution in [0.25, 0.3) is 0 Å². The van der Waals surface area contributed by atoms with E-state index in [0.717, 1.165) is 13.1 Å². The van der Waals surface area contributed by atoms with Crippen LogP contribution in [-0.4, -0.2) is 58.3 Å². The summed E-state index contributed by atoms with van der Waals surface area (Å²) >= 11 is 1.39. The van der Waals surface area contributed by atoms with Crippen LogP contribution in [0.2, 0.25) is 0 Å². The van der Waals surface area contributed by atoms with E-state index in [0.29, 0.717) is 23.3 Å². The third-order valence-electron chi connectivity index (χ3n) is 2.97. The maximum Gasteiger partial charge on any atom is 0.232 e. The fourth-order valence-corrected chi connectivity index (χ4v) is 3.15. The minimum Gasteiger partial charge on any atom is -0.394 e. The predicted octanol–water partition coefficient (Wildman–Crippen LogP) is 0.577.